The number of nitrogens with one attached hydrogen (secondary N) is 1. The van der Waals surface area contributed by atoms with Crippen molar-refractivity contribution in [1.29, 1.82) is 0 Å². The van der Waals surface area contributed by atoms with Gasteiger partial charge in [-0.15, -0.1) is 0 Å². The first-order chi connectivity index (χ1) is 7.33. The Labute approximate surface area is 102 Å². The molecular formula is C11H14BrFN2O. The molecule has 0 aliphatic heterocycles. The molecule has 16 heavy (non-hydrogen) atoms. The van der Waals surface area contributed by atoms with E-state index in [0.29, 0.717) is 6.54 Å². The van der Waals surface area contributed by atoms with E-state index in [-0.39, 0.29) is 5.82 Å². The van der Waals surface area contributed by atoms with E-state index in [4.69, 9.17) is 5.73 Å². The van der Waals surface area contributed by atoms with Crippen LogP contribution in [-0.2, 0) is 11.3 Å². The Morgan fingerprint density at radius 1 is 1.56 bits per heavy atom. The Balaban J connectivity index is 2.75. The predicted molar refractivity (Wildman–Crippen MR) is 64.2 cm³/mol. The van der Waals surface area contributed by atoms with E-state index in [2.05, 4.69) is 21.2 Å². The molecule has 1 aromatic rings. The number of carbonyl (C=O) groups excluding carboxylic acids is 1. The van der Waals surface area contributed by atoms with Crippen LogP contribution in [0.4, 0.5) is 4.39 Å². The molecule has 3 nitrogen and oxygen atoms in total. The van der Waals surface area contributed by atoms with Crippen molar-refractivity contribution in [2.45, 2.75) is 25.9 Å². The molecule has 0 aliphatic rings. The lowest BCUT2D eigenvalue weighted by Crippen LogP contribution is -2.50. The Hall–Kier alpha value is -0.940. The van der Waals surface area contributed by atoms with E-state index >= 15 is 0 Å². The van der Waals surface area contributed by atoms with Gasteiger partial charge in [0.1, 0.15) is 5.82 Å². The van der Waals surface area contributed by atoms with Gasteiger partial charge in [-0.1, -0.05) is 15.9 Å². The molecular weight excluding hydrogens is 275 g/mol. The van der Waals surface area contributed by atoms with Gasteiger partial charge in [0.2, 0.25) is 5.91 Å². The summed E-state index contributed by atoms with van der Waals surface area (Å²) in [4.78, 5) is 11.1. The minimum Gasteiger partial charge on any atom is -0.368 e. The Bertz CT molecular complexity index is 407. The molecule has 0 aromatic heterocycles. The first kappa shape index (κ1) is 13.1. The Morgan fingerprint density at radius 2 is 2.19 bits per heavy atom. The van der Waals surface area contributed by atoms with Crippen LogP contribution in [0, 0.1) is 5.82 Å². The van der Waals surface area contributed by atoms with Gasteiger partial charge in [0.15, 0.2) is 0 Å². The summed E-state index contributed by atoms with van der Waals surface area (Å²) >= 11 is 3.31. The molecule has 1 rings (SSSR count). The lowest BCUT2D eigenvalue weighted by Gasteiger charge is -2.22. The largest absolute Gasteiger partial charge is 0.368 e. The molecule has 0 spiro atoms. The van der Waals surface area contributed by atoms with E-state index in [1.54, 1.807) is 19.9 Å². The smallest absolute Gasteiger partial charge is 0.237 e. The van der Waals surface area contributed by atoms with E-state index < -0.39 is 11.4 Å². The van der Waals surface area contributed by atoms with Gasteiger partial charge in [-0.2, -0.15) is 0 Å². The summed E-state index contributed by atoms with van der Waals surface area (Å²) in [6, 6.07) is 4.41. The van der Waals surface area contributed by atoms with Crippen LogP contribution in [0.1, 0.15) is 19.4 Å². The van der Waals surface area contributed by atoms with E-state index in [9.17, 15) is 9.18 Å². The molecule has 1 amide bonds. The minimum atomic E-state index is -0.814. The summed E-state index contributed by atoms with van der Waals surface area (Å²) < 4.78 is 13.8. The van der Waals surface area contributed by atoms with Crippen LogP contribution in [0.5, 0.6) is 0 Å². The van der Waals surface area contributed by atoms with E-state index in [1.165, 1.54) is 12.1 Å². The van der Waals surface area contributed by atoms with Crippen molar-refractivity contribution in [3.8, 4) is 0 Å². The highest BCUT2D eigenvalue weighted by Gasteiger charge is 2.23. The summed E-state index contributed by atoms with van der Waals surface area (Å²) in [6.07, 6.45) is 0. The van der Waals surface area contributed by atoms with Gasteiger partial charge in [-0.3, -0.25) is 10.1 Å². The number of halogens is 2. The lowest BCUT2D eigenvalue weighted by atomic mass is 10.0. The van der Waals surface area contributed by atoms with Crippen molar-refractivity contribution in [2.24, 2.45) is 5.73 Å². The normalized spacial score (nSPS) is 11.5. The van der Waals surface area contributed by atoms with Gasteiger partial charge in [0.05, 0.1) is 5.54 Å². The highest BCUT2D eigenvalue weighted by molar-refractivity contribution is 9.10. The fourth-order valence-corrected chi connectivity index (χ4v) is 1.47. The average Bonchev–Trinajstić information content (AvgIpc) is 2.19. The molecule has 0 radical (unpaired) electrons. The van der Waals surface area contributed by atoms with Gasteiger partial charge in [-0.25, -0.2) is 4.39 Å². The van der Waals surface area contributed by atoms with Crippen molar-refractivity contribution in [3.05, 3.63) is 34.1 Å². The van der Waals surface area contributed by atoms with Crippen LogP contribution in [0.2, 0.25) is 0 Å². The van der Waals surface area contributed by atoms with Crippen molar-refractivity contribution in [2.75, 3.05) is 0 Å². The number of rotatable bonds is 4. The van der Waals surface area contributed by atoms with Crippen LogP contribution in [0.25, 0.3) is 0 Å². The summed E-state index contributed by atoms with van der Waals surface area (Å²) in [7, 11) is 0. The summed E-state index contributed by atoms with van der Waals surface area (Å²) in [5.74, 6) is -0.753. The second kappa shape index (κ2) is 4.93. The van der Waals surface area contributed by atoms with Gasteiger partial charge in [0.25, 0.3) is 0 Å². The van der Waals surface area contributed by atoms with Crippen LogP contribution in [0.3, 0.4) is 0 Å². The zero-order chi connectivity index (χ0) is 12.3. The first-order valence-corrected chi connectivity index (χ1v) is 5.61. The fourth-order valence-electron chi connectivity index (χ4n) is 1.08. The number of primary amides is 1. The molecule has 0 saturated carbocycles. The van der Waals surface area contributed by atoms with Gasteiger partial charge in [0, 0.05) is 11.0 Å². The van der Waals surface area contributed by atoms with Crippen molar-refractivity contribution in [3.63, 3.8) is 0 Å². The molecule has 0 fully saturated rings. The van der Waals surface area contributed by atoms with Gasteiger partial charge >= 0.3 is 0 Å². The van der Waals surface area contributed by atoms with Crippen LogP contribution in [0.15, 0.2) is 22.7 Å². The SMILES string of the molecule is CC(C)(NCc1cc(F)ccc1Br)C(N)=O. The second-order valence-electron chi connectivity index (χ2n) is 4.08. The third-order valence-electron chi connectivity index (χ3n) is 2.34. The molecule has 0 aliphatic carbocycles. The van der Waals surface area contributed by atoms with Crippen LogP contribution >= 0.6 is 15.9 Å². The zero-order valence-electron chi connectivity index (χ0n) is 9.18. The predicted octanol–water partition coefficient (Wildman–Crippen LogP) is 1.94. The summed E-state index contributed by atoms with van der Waals surface area (Å²) in [5, 5.41) is 2.97. The fraction of sp³-hybridized carbons (Fsp3) is 0.364. The van der Waals surface area contributed by atoms with Crippen molar-refractivity contribution >= 4 is 21.8 Å². The second-order valence-corrected chi connectivity index (χ2v) is 4.93. The number of nitrogens with two attached hydrogens (primary N) is 1. The molecule has 0 unspecified atom stereocenters. The summed E-state index contributed by atoms with van der Waals surface area (Å²) in [5.41, 5.74) is 5.15. The third-order valence-corrected chi connectivity index (χ3v) is 3.12. The average molecular weight is 289 g/mol. The zero-order valence-corrected chi connectivity index (χ0v) is 10.8. The first-order valence-electron chi connectivity index (χ1n) is 4.82. The number of hydrogen-bond acceptors (Lipinski definition) is 2. The summed E-state index contributed by atoms with van der Waals surface area (Å²) in [6.45, 7) is 3.74. The maximum Gasteiger partial charge on any atom is 0.237 e. The van der Waals surface area contributed by atoms with Crippen molar-refractivity contribution in [1.82, 2.24) is 5.32 Å². The number of amides is 1. The van der Waals surface area contributed by atoms with Crippen molar-refractivity contribution < 1.29 is 9.18 Å². The molecule has 3 N–H and O–H groups in total. The maximum absolute atomic E-state index is 13.0. The number of benzene rings is 1. The van der Waals surface area contributed by atoms with Crippen LogP contribution in [-0.4, -0.2) is 11.4 Å². The highest BCUT2D eigenvalue weighted by atomic mass is 79.9. The Kier molecular flexibility index (Phi) is 4.04. The number of carbonyl (C=O) groups is 1. The lowest BCUT2D eigenvalue weighted by molar-refractivity contribution is -0.123. The third kappa shape index (κ3) is 3.28. The van der Waals surface area contributed by atoms with Gasteiger partial charge in [-0.05, 0) is 37.6 Å². The van der Waals surface area contributed by atoms with Crippen LogP contribution < -0.4 is 11.1 Å². The highest BCUT2D eigenvalue weighted by Crippen LogP contribution is 2.18. The molecule has 0 saturated heterocycles. The Morgan fingerprint density at radius 3 is 2.75 bits per heavy atom. The molecule has 0 atom stereocenters. The monoisotopic (exact) mass is 288 g/mol. The molecule has 88 valence electrons. The minimum absolute atomic E-state index is 0.308. The quantitative estimate of drug-likeness (QED) is 0.890. The topological polar surface area (TPSA) is 55.1 Å². The molecule has 1 aromatic carbocycles. The molecule has 0 heterocycles. The van der Waals surface area contributed by atoms with E-state index in [0.717, 1.165) is 10.0 Å². The molecule has 5 heteroatoms. The molecule has 0 bridgehead atoms. The van der Waals surface area contributed by atoms with E-state index in [1.807, 2.05) is 0 Å². The maximum atomic E-state index is 13.0. The standard InChI is InChI=1S/C11H14BrFN2O/c1-11(2,10(14)16)15-6-7-5-8(13)3-4-9(7)12/h3-5,15H,6H2,1-2H3,(H2,14,16). The number of hydrogen-bond donors (Lipinski definition) is 2. The van der Waals surface area contributed by atoms with Gasteiger partial charge < -0.3 is 5.73 Å².